The van der Waals surface area contributed by atoms with Gasteiger partial charge in [-0.05, 0) is 48.0 Å². The first-order chi connectivity index (χ1) is 16.1. The first-order valence-electron chi connectivity index (χ1n) is 10.8. The molecule has 0 saturated carbocycles. The molecule has 0 bridgehead atoms. The molecule has 34 heavy (non-hydrogen) atoms. The largest absolute Gasteiger partial charge is 0.359 e. The van der Waals surface area contributed by atoms with E-state index in [0.29, 0.717) is 27.8 Å². The third-order valence-corrected chi connectivity index (χ3v) is 5.89. The molecule has 0 radical (unpaired) electrons. The van der Waals surface area contributed by atoms with Crippen molar-refractivity contribution < 1.29 is 9.59 Å². The summed E-state index contributed by atoms with van der Waals surface area (Å²) in [4.78, 5) is 29.5. The molecule has 4 N–H and O–H groups in total. The van der Waals surface area contributed by atoms with E-state index in [0.717, 1.165) is 22.6 Å². The van der Waals surface area contributed by atoms with Gasteiger partial charge in [-0.2, -0.15) is 0 Å². The van der Waals surface area contributed by atoms with Crippen molar-refractivity contribution in [2.24, 2.45) is 5.41 Å². The maximum atomic E-state index is 13.0. The van der Waals surface area contributed by atoms with Crippen LogP contribution in [-0.2, 0) is 11.3 Å². The minimum Gasteiger partial charge on any atom is -0.359 e. The molecule has 176 valence electrons. The lowest BCUT2D eigenvalue weighted by Gasteiger charge is -2.18. The van der Waals surface area contributed by atoms with E-state index in [-0.39, 0.29) is 18.0 Å². The number of nitrogens with zero attached hydrogens (tertiary/aromatic N) is 1. The van der Waals surface area contributed by atoms with Crippen molar-refractivity contribution in [3.63, 3.8) is 0 Å². The number of benzene rings is 2. The molecule has 4 rings (SSSR count). The Morgan fingerprint density at radius 3 is 2.47 bits per heavy atom. The predicted molar refractivity (Wildman–Crippen MR) is 136 cm³/mol. The van der Waals surface area contributed by atoms with Crippen molar-refractivity contribution in [1.29, 1.82) is 0 Å². The fraction of sp³-hybridized carbons (Fsp3) is 0.240. The van der Waals surface area contributed by atoms with Crippen LogP contribution in [0.1, 0.15) is 48.6 Å². The third-order valence-electron chi connectivity index (χ3n) is 5.33. The fourth-order valence-corrected chi connectivity index (χ4v) is 3.74. The molecule has 0 saturated heterocycles. The normalized spacial score (nSPS) is 14.6. The van der Waals surface area contributed by atoms with Gasteiger partial charge in [-0.3, -0.25) is 14.6 Å². The molecule has 9 heteroatoms. The van der Waals surface area contributed by atoms with Crippen molar-refractivity contribution >= 4 is 52.1 Å². The number of halogens is 2. The Labute approximate surface area is 208 Å². The molecular formula is C25H25Cl2N5O2. The van der Waals surface area contributed by atoms with Crippen molar-refractivity contribution in [3.05, 3.63) is 81.6 Å². The number of aromatic nitrogens is 1. The van der Waals surface area contributed by atoms with Crippen LogP contribution in [0.3, 0.4) is 0 Å². The first kappa shape index (κ1) is 23.9. The van der Waals surface area contributed by atoms with Gasteiger partial charge in [-0.25, -0.2) is 0 Å². The van der Waals surface area contributed by atoms with Crippen LogP contribution < -0.4 is 21.3 Å². The third kappa shape index (κ3) is 5.43. The van der Waals surface area contributed by atoms with Gasteiger partial charge in [0.2, 0.25) is 5.91 Å². The van der Waals surface area contributed by atoms with Crippen LogP contribution in [0.15, 0.2) is 54.7 Å². The summed E-state index contributed by atoms with van der Waals surface area (Å²) in [6.45, 7) is 5.84. The molecule has 7 nitrogen and oxygen atoms in total. The Balaban J connectivity index is 1.44. The van der Waals surface area contributed by atoms with Gasteiger partial charge in [0.25, 0.3) is 5.91 Å². The standard InChI is InChI=1S/C25H25Cl2N5O2/c1-25(2,3)24(34)29-12-14-4-7-18(27)17(10-14)23(33)30-16-6-9-19-21(11-16)32-22(31-19)20-8-5-15(26)13-28-20/h4-11,13,22,31-32H,12H2,1-3H3,(H,29,34)(H,30,33). The van der Waals surface area contributed by atoms with Crippen LogP contribution >= 0.6 is 23.2 Å². The number of fused-ring (bicyclic) bond motifs is 1. The van der Waals surface area contributed by atoms with E-state index in [1.165, 1.54) is 0 Å². The molecule has 2 heterocycles. The molecule has 2 amide bonds. The van der Waals surface area contributed by atoms with E-state index >= 15 is 0 Å². The molecule has 1 aromatic heterocycles. The van der Waals surface area contributed by atoms with Crippen molar-refractivity contribution in [2.75, 3.05) is 16.0 Å². The van der Waals surface area contributed by atoms with Gasteiger partial charge in [0, 0.05) is 23.8 Å². The lowest BCUT2D eigenvalue weighted by molar-refractivity contribution is -0.128. The molecule has 0 aliphatic carbocycles. The quantitative estimate of drug-likeness (QED) is 0.355. The highest BCUT2D eigenvalue weighted by Crippen LogP contribution is 2.36. The van der Waals surface area contributed by atoms with E-state index in [9.17, 15) is 9.59 Å². The number of amides is 2. The second kappa shape index (κ2) is 9.52. The van der Waals surface area contributed by atoms with Gasteiger partial charge in [-0.15, -0.1) is 0 Å². The average molecular weight is 498 g/mol. The van der Waals surface area contributed by atoms with E-state index in [1.807, 2.05) is 45.0 Å². The van der Waals surface area contributed by atoms with Crippen LogP contribution in [-0.4, -0.2) is 16.8 Å². The molecule has 1 unspecified atom stereocenters. The summed E-state index contributed by atoms with van der Waals surface area (Å²) in [6, 6.07) is 14.3. The molecule has 2 aromatic carbocycles. The van der Waals surface area contributed by atoms with Crippen LogP contribution in [0.25, 0.3) is 0 Å². The van der Waals surface area contributed by atoms with Gasteiger partial charge in [0.15, 0.2) is 0 Å². The zero-order valence-corrected chi connectivity index (χ0v) is 20.5. The molecule has 1 aliphatic heterocycles. The van der Waals surface area contributed by atoms with Gasteiger partial charge in [-0.1, -0.05) is 50.0 Å². The summed E-state index contributed by atoms with van der Waals surface area (Å²) < 4.78 is 0. The molecule has 0 fully saturated rings. The first-order valence-corrected chi connectivity index (χ1v) is 11.5. The highest BCUT2D eigenvalue weighted by atomic mass is 35.5. The molecule has 3 aromatic rings. The summed E-state index contributed by atoms with van der Waals surface area (Å²) in [5, 5.41) is 13.4. The minimum absolute atomic E-state index is 0.0696. The topological polar surface area (TPSA) is 95.2 Å². The Morgan fingerprint density at radius 1 is 1.00 bits per heavy atom. The smallest absolute Gasteiger partial charge is 0.257 e. The molecule has 1 atom stereocenters. The van der Waals surface area contributed by atoms with Gasteiger partial charge >= 0.3 is 0 Å². The van der Waals surface area contributed by atoms with E-state index < -0.39 is 5.41 Å². The molecule has 1 aliphatic rings. The lowest BCUT2D eigenvalue weighted by Crippen LogP contribution is -2.34. The van der Waals surface area contributed by atoms with E-state index in [4.69, 9.17) is 23.2 Å². The Morgan fingerprint density at radius 2 is 1.76 bits per heavy atom. The maximum absolute atomic E-state index is 13.0. The number of carbonyl (C=O) groups excluding carboxylic acids is 2. The van der Waals surface area contributed by atoms with Gasteiger partial charge in [0.1, 0.15) is 6.17 Å². The van der Waals surface area contributed by atoms with Gasteiger partial charge < -0.3 is 21.3 Å². The Kier molecular flexibility index (Phi) is 6.68. The number of hydrogen-bond acceptors (Lipinski definition) is 5. The SMILES string of the molecule is CC(C)(C)C(=O)NCc1ccc(Cl)c(C(=O)Nc2ccc3c(c2)NC(c2ccc(Cl)cn2)N3)c1. The number of carbonyl (C=O) groups is 2. The Hall–Kier alpha value is -3.29. The number of nitrogens with one attached hydrogen (secondary N) is 4. The van der Waals surface area contributed by atoms with Crippen LogP contribution in [0.4, 0.5) is 17.1 Å². The second-order valence-corrected chi connectivity index (χ2v) is 9.93. The van der Waals surface area contributed by atoms with Crippen LogP contribution in [0.5, 0.6) is 0 Å². The number of anilines is 3. The van der Waals surface area contributed by atoms with E-state index in [1.54, 1.807) is 30.5 Å². The number of pyridine rings is 1. The van der Waals surface area contributed by atoms with E-state index in [2.05, 4.69) is 26.3 Å². The zero-order valence-electron chi connectivity index (χ0n) is 19.0. The van der Waals surface area contributed by atoms with Crippen molar-refractivity contribution in [1.82, 2.24) is 10.3 Å². The van der Waals surface area contributed by atoms with Crippen molar-refractivity contribution in [2.45, 2.75) is 33.5 Å². The monoisotopic (exact) mass is 497 g/mol. The van der Waals surface area contributed by atoms with Crippen LogP contribution in [0, 0.1) is 5.41 Å². The zero-order chi connectivity index (χ0) is 24.5. The highest BCUT2D eigenvalue weighted by Gasteiger charge is 2.23. The molecular weight excluding hydrogens is 473 g/mol. The highest BCUT2D eigenvalue weighted by molar-refractivity contribution is 6.34. The van der Waals surface area contributed by atoms with Crippen molar-refractivity contribution in [3.8, 4) is 0 Å². The second-order valence-electron chi connectivity index (χ2n) is 9.08. The minimum atomic E-state index is -0.494. The summed E-state index contributed by atoms with van der Waals surface area (Å²) in [5.74, 6) is -0.407. The van der Waals surface area contributed by atoms with Crippen LogP contribution in [0.2, 0.25) is 10.0 Å². The molecule has 0 spiro atoms. The maximum Gasteiger partial charge on any atom is 0.257 e. The summed E-state index contributed by atoms with van der Waals surface area (Å²) in [6.07, 6.45) is 1.40. The van der Waals surface area contributed by atoms with Gasteiger partial charge in [0.05, 0.1) is 32.7 Å². The Bertz CT molecular complexity index is 1240. The summed E-state index contributed by atoms with van der Waals surface area (Å²) in [5.41, 5.74) is 3.77. The summed E-state index contributed by atoms with van der Waals surface area (Å²) >= 11 is 12.2. The lowest BCUT2D eigenvalue weighted by atomic mass is 9.95. The number of rotatable bonds is 5. The fourth-order valence-electron chi connectivity index (χ4n) is 3.42. The number of hydrogen-bond donors (Lipinski definition) is 4. The summed E-state index contributed by atoms with van der Waals surface area (Å²) in [7, 11) is 0. The average Bonchev–Trinajstić information content (AvgIpc) is 3.21. The predicted octanol–water partition coefficient (Wildman–Crippen LogP) is 5.84.